The zero-order valence-electron chi connectivity index (χ0n) is 12.4. The number of aromatic nitrogens is 5. The quantitative estimate of drug-likeness (QED) is 0.801. The normalized spacial score (nSPS) is 14.5. The van der Waals surface area contributed by atoms with Crippen LogP contribution in [0.1, 0.15) is 40.8 Å². The minimum atomic E-state index is -0.168. The largest absolute Gasteiger partial charge is 0.319 e. The van der Waals surface area contributed by atoms with Gasteiger partial charge in [0.2, 0.25) is 0 Å². The molecule has 3 heterocycles. The van der Waals surface area contributed by atoms with Crippen LogP contribution in [0.2, 0.25) is 0 Å². The Kier molecular flexibility index (Phi) is 2.75. The first-order valence-electron chi connectivity index (χ1n) is 7.28. The van der Waals surface area contributed by atoms with Crippen LogP contribution in [0.15, 0.2) is 24.4 Å². The Bertz CT molecular complexity index is 873. The van der Waals surface area contributed by atoms with Gasteiger partial charge >= 0.3 is 0 Å². The van der Waals surface area contributed by atoms with Gasteiger partial charge in [-0.1, -0.05) is 0 Å². The van der Waals surface area contributed by atoms with E-state index in [0.29, 0.717) is 23.1 Å². The van der Waals surface area contributed by atoms with Crippen LogP contribution in [0.3, 0.4) is 0 Å². The molecular weight excluding hydrogens is 280 g/mol. The average molecular weight is 296 g/mol. The van der Waals surface area contributed by atoms with E-state index in [9.17, 15) is 4.79 Å². The fourth-order valence-corrected chi connectivity index (χ4v) is 2.54. The van der Waals surface area contributed by atoms with Crippen molar-refractivity contribution in [1.82, 2.24) is 24.4 Å². The molecule has 7 nitrogen and oxygen atoms in total. The Morgan fingerprint density at radius 2 is 2.14 bits per heavy atom. The summed E-state index contributed by atoms with van der Waals surface area (Å²) in [5.41, 5.74) is 3.01. The number of hydrogen-bond donors (Lipinski definition) is 1. The SMILES string of the molecule is Cc1nc2ccc(NC(=O)c3cc(C4CC4)nn3C)cn2n1. The fraction of sp³-hybridized carbons (Fsp3) is 0.333. The molecule has 0 atom stereocenters. The Morgan fingerprint density at radius 1 is 1.32 bits per heavy atom. The van der Waals surface area contributed by atoms with Crippen LogP contribution in [-0.2, 0) is 7.05 Å². The van der Waals surface area contributed by atoms with E-state index in [1.165, 1.54) is 12.8 Å². The van der Waals surface area contributed by atoms with Gasteiger partial charge in [-0.25, -0.2) is 9.50 Å². The molecule has 1 fully saturated rings. The molecule has 112 valence electrons. The molecule has 0 aliphatic heterocycles. The summed E-state index contributed by atoms with van der Waals surface area (Å²) in [4.78, 5) is 16.7. The van der Waals surface area contributed by atoms with E-state index in [4.69, 9.17) is 0 Å². The molecule has 1 saturated carbocycles. The van der Waals surface area contributed by atoms with E-state index in [0.717, 1.165) is 11.3 Å². The standard InChI is InChI=1S/C15H16N6O/c1-9-16-14-6-5-11(8-21(14)18-9)17-15(22)13-7-12(10-3-4-10)19-20(13)2/h5-8,10H,3-4H2,1-2H3,(H,17,22). The summed E-state index contributed by atoms with van der Waals surface area (Å²) in [7, 11) is 1.80. The van der Waals surface area contributed by atoms with Crippen LogP contribution in [-0.4, -0.2) is 30.3 Å². The minimum absolute atomic E-state index is 0.168. The molecule has 0 saturated heterocycles. The number of fused-ring (bicyclic) bond motifs is 1. The third kappa shape index (κ3) is 2.24. The van der Waals surface area contributed by atoms with Gasteiger partial charge in [-0.3, -0.25) is 9.48 Å². The van der Waals surface area contributed by atoms with Crippen LogP contribution in [0.25, 0.3) is 5.65 Å². The van der Waals surface area contributed by atoms with Crippen LogP contribution in [0, 0.1) is 6.92 Å². The highest BCUT2D eigenvalue weighted by molar-refractivity contribution is 6.03. The van der Waals surface area contributed by atoms with Crippen molar-refractivity contribution >= 4 is 17.2 Å². The van der Waals surface area contributed by atoms with Crippen molar-refractivity contribution in [1.29, 1.82) is 0 Å². The zero-order valence-corrected chi connectivity index (χ0v) is 12.4. The lowest BCUT2D eigenvalue weighted by Gasteiger charge is -2.05. The van der Waals surface area contributed by atoms with Crippen molar-refractivity contribution in [2.75, 3.05) is 5.32 Å². The molecule has 1 aliphatic rings. The Morgan fingerprint density at radius 3 is 2.91 bits per heavy atom. The van der Waals surface area contributed by atoms with E-state index in [1.807, 2.05) is 25.1 Å². The lowest BCUT2D eigenvalue weighted by Crippen LogP contribution is -2.16. The molecule has 22 heavy (non-hydrogen) atoms. The van der Waals surface area contributed by atoms with Crippen LogP contribution >= 0.6 is 0 Å². The molecule has 0 radical (unpaired) electrons. The van der Waals surface area contributed by atoms with E-state index in [2.05, 4.69) is 20.5 Å². The highest BCUT2D eigenvalue weighted by Crippen LogP contribution is 2.39. The Hall–Kier alpha value is -2.70. The van der Waals surface area contributed by atoms with Crippen molar-refractivity contribution < 1.29 is 4.79 Å². The molecule has 1 amide bonds. The summed E-state index contributed by atoms with van der Waals surface area (Å²) in [6.07, 6.45) is 4.09. The van der Waals surface area contributed by atoms with E-state index in [1.54, 1.807) is 22.4 Å². The lowest BCUT2D eigenvalue weighted by molar-refractivity contribution is 0.101. The number of carbonyl (C=O) groups excluding carboxylic acids is 1. The molecule has 0 aromatic carbocycles. The second-order valence-electron chi connectivity index (χ2n) is 5.69. The van der Waals surface area contributed by atoms with Crippen molar-refractivity contribution in [2.24, 2.45) is 7.05 Å². The first-order valence-corrected chi connectivity index (χ1v) is 7.28. The maximum Gasteiger partial charge on any atom is 0.273 e. The highest BCUT2D eigenvalue weighted by Gasteiger charge is 2.28. The van der Waals surface area contributed by atoms with Gasteiger partial charge in [-0.15, -0.1) is 0 Å². The highest BCUT2D eigenvalue weighted by atomic mass is 16.2. The van der Waals surface area contributed by atoms with Gasteiger partial charge in [-0.05, 0) is 38.0 Å². The number of nitrogens with zero attached hydrogens (tertiary/aromatic N) is 5. The van der Waals surface area contributed by atoms with Crippen LogP contribution < -0.4 is 5.32 Å². The second kappa shape index (κ2) is 4.66. The van der Waals surface area contributed by atoms with Crippen molar-refractivity contribution in [2.45, 2.75) is 25.7 Å². The second-order valence-corrected chi connectivity index (χ2v) is 5.69. The summed E-state index contributed by atoms with van der Waals surface area (Å²) in [5.74, 6) is 1.06. The number of anilines is 1. The van der Waals surface area contributed by atoms with Gasteiger partial charge < -0.3 is 5.32 Å². The van der Waals surface area contributed by atoms with E-state index < -0.39 is 0 Å². The maximum absolute atomic E-state index is 12.4. The van der Waals surface area contributed by atoms with Crippen LogP contribution in [0.5, 0.6) is 0 Å². The van der Waals surface area contributed by atoms with Gasteiger partial charge in [-0.2, -0.15) is 10.2 Å². The summed E-state index contributed by atoms with van der Waals surface area (Å²) >= 11 is 0. The summed E-state index contributed by atoms with van der Waals surface area (Å²) in [6, 6.07) is 5.53. The zero-order chi connectivity index (χ0) is 15.3. The molecule has 0 bridgehead atoms. The third-order valence-electron chi connectivity index (χ3n) is 3.82. The number of carbonyl (C=O) groups is 1. The fourth-order valence-electron chi connectivity index (χ4n) is 2.54. The monoisotopic (exact) mass is 296 g/mol. The van der Waals surface area contributed by atoms with Gasteiger partial charge in [0.25, 0.3) is 5.91 Å². The van der Waals surface area contributed by atoms with Gasteiger partial charge in [0.15, 0.2) is 5.65 Å². The number of amides is 1. The number of pyridine rings is 1. The molecule has 0 unspecified atom stereocenters. The minimum Gasteiger partial charge on any atom is -0.319 e. The molecule has 1 N–H and O–H groups in total. The van der Waals surface area contributed by atoms with Gasteiger partial charge in [0.1, 0.15) is 11.5 Å². The average Bonchev–Trinajstić information content (AvgIpc) is 3.15. The topological polar surface area (TPSA) is 77.1 Å². The summed E-state index contributed by atoms with van der Waals surface area (Å²) in [5, 5.41) is 11.5. The smallest absolute Gasteiger partial charge is 0.273 e. The van der Waals surface area contributed by atoms with E-state index >= 15 is 0 Å². The third-order valence-corrected chi connectivity index (χ3v) is 3.82. The predicted molar refractivity (Wildman–Crippen MR) is 80.9 cm³/mol. The van der Waals surface area contributed by atoms with Crippen molar-refractivity contribution in [3.63, 3.8) is 0 Å². The first-order chi connectivity index (χ1) is 10.6. The first kappa shape index (κ1) is 13.0. The molecule has 4 rings (SSSR count). The molecule has 0 spiro atoms. The maximum atomic E-state index is 12.4. The van der Waals surface area contributed by atoms with Crippen molar-refractivity contribution in [3.05, 3.63) is 41.6 Å². The predicted octanol–water partition coefficient (Wildman–Crippen LogP) is 1.90. The number of hydrogen-bond acceptors (Lipinski definition) is 4. The number of aryl methyl sites for hydroxylation is 2. The summed E-state index contributed by atoms with van der Waals surface area (Å²) in [6.45, 7) is 1.83. The Balaban J connectivity index is 1.59. The van der Waals surface area contributed by atoms with Gasteiger partial charge in [0, 0.05) is 13.0 Å². The molecular formula is C15H16N6O. The van der Waals surface area contributed by atoms with Crippen molar-refractivity contribution in [3.8, 4) is 0 Å². The lowest BCUT2D eigenvalue weighted by atomic mass is 10.2. The molecule has 3 aromatic rings. The van der Waals surface area contributed by atoms with E-state index in [-0.39, 0.29) is 5.91 Å². The van der Waals surface area contributed by atoms with Crippen LogP contribution in [0.4, 0.5) is 5.69 Å². The molecule has 3 aromatic heterocycles. The van der Waals surface area contributed by atoms with Gasteiger partial charge in [0.05, 0.1) is 17.6 Å². The summed E-state index contributed by atoms with van der Waals surface area (Å²) < 4.78 is 3.30. The number of rotatable bonds is 3. The molecule has 1 aliphatic carbocycles. The molecule has 7 heteroatoms. The number of nitrogens with one attached hydrogen (secondary N) is 1. The Labute approximate surface area is 127 Å².